The number of carbonyl (C=O) groups is 2. The molecule has 0 radical (unpaired) electrons. The van der Waals surface area contributed by atoms with E-state index in [-0.39, 0.29) is 35.6 Å². The van der Waals surface area contributed by atoms with Crippen molar-refractivity contribution < 1.29 is 19.1 Å². The first-order valence-electron chi connectivity index (χ1n) is 17.0. The van der Waals surface area contributed by atoms with Crippen molar-refractivity contribution in [1.29, 1.82) is 0 Å². The van der Waals surface area contributed by atoms with Crippen molar-refractivity contribution in [3.8, 4) is 0 Å². The molecule has 8 nitrogen and oxygen atoms in total. The van der Waals surface area contributed by atoms with Gasteiger partial charge in [-0.05, 0) is 115 Å². The molecule has 0 bridgehead atoms. The third-order valence-electron chi connectivity index (χ3n) is 10.6. The summed E-state index contributed by atoms with van der Waals surface area (Å²) in [6.45, 7) is 22.5. The molecule has 2 aliphatic heterocycles. The lowest BCUT2D eigenvalue weighted by molar-refractivity contribution is -0.146. The number of rotatable bonds is 11. The molecule has 2 aliphatic rings. The van der Waals surface area contributed by atoms with Crippen molar-refractivity contribution in [2.45, 2.75) is 93.9 Å². The molecular weight excluding hydrogens is 588 g/mol. The van der Waals surface area contributed by atoms with Gasteiger partial charge in [0.2, 0.25) is 0 Å². The van der Waals surface area contributed by atoms with Crippen molar-refractivity contribution >= 4 is 35.9 Å². The van der Waals surface area contributed by atoms with E-state index in [1.165, 1.54) is 36.5 Å². The van der Waals surface area contributed by atoms with Crippen LogP contribution in [0.3, 0.4) is 0 Å². The third-order valence-corrected chi connectivity index (χ3v) is 10.6. The predicted molar refractivity (Wildman–Crippen MR) is 192 cm³/mol. The second kappa shape index (κ2) is 14.8. The highest BCUT2D eigenvalue weighted by Gasteiger charge is 2.29. The Bertz CT molecular complexity index is 1800. The van der Waals surface area contributed by atoms with E-state index >= 15 is 0 Å². The molecule has 0 aromatic carbocycles. The minimum Gasteiger partial charge on any atom is -0.469 e. The van der Waals surface area contributed by atoms with Gasteiger partial charge in [-0.1, -0.05) is 41.5 Å². The van der Waals surface area contributed by atoms with Crippen LogP contribution in [0.15, 0.2) is 33.0 Å². The highest BCUT2D eigenvalue weighted by atomic mass is 16.5. The van der Waals surface area contributed by atoms with E-state index in [0.29, 0.717) is 0 Å². The Morgan fingerprint density at radius 2 is 1.34 bits per heavy atom. The van der Waals surface area contributed by atoms with E-state index in [9.17, 15) is 9.59 Å². The Morgan fingerprint density at radius 1 is 0.745 bits per heavy atom. The maximum atomic E-state index is 12.8. The Hall–Kier alpha value is -4.07. The van der Waals surface area contributed by atoms with Crippen LogP contribution in [0.4, 0.5) is 0 Å². The van der Waals surface area contributed by atoms with Gasteiger partial charge in [0, 0.05) is 34.3 Å². The Kier molecular flexibility index (Phi) is 11.3. The number of nitrogens with zero attached hydrogens (tertiary/aromatic N) is 1. The molecule has 4 rings (SSSR count). The van der Waals surface area contributed by atoms with Crippen LogP contribution in [0.1, 0.15) is 114 Å². The molecule has 3 N–H and O–H groups in total. The van der Waals surface area contributed by atoms with E-state index in [2.05, 4.69) is 88.9 Å². The molecule has 0 aliphatic carbocycles. The topological polar surface area (TPSA) is 109 Å². The van der Waals surface area contributed by atoms with Gasteiger partial charge in [-0.3, -0.25) is 14.6 Å². The van der Waals surface area contributed by atoms with E-state index in [1.54, 1.807) is 0 Å². The van der Waals surface area contributed by atoms with Gasteiger partial charge < -0.3 is 24.8 Å². The number of allylic oxidation sites excluding steroid dienone is 2. The van der Waals surface area contributed by atoms with Gasteiger partial charge in [-0.25, -0.2) is 0 Å². The van der Waals surface area contributed by atoms with Gasteiger partial charge >= 0.3 is 11.9 Å². The molecule has 2 aromatic heterocycles. The molecule has 8 heteroatoms. The summed E-state index contributed by atoms with van der Waals surface area (Å²) in [6, 6.07) is 0. The minimum absolute atomic E-state index is 0.124. The second-order valence-corrected chi connectivity index (χ2v) is 13.3. The minimum atomic E-state index is -0.356. The normalized spacial score (nSPS) is 19.3. The number of H-pyrrole nitrogens is 2. The molecule has 4 atom stereocenters. The van der Waals surface area contributed by atoms with Crippen LogP contribution in [0, 0.1) is 25.7 Å². The lowest BCUT2D eigenvalue weighted by Crippen LogP contribution is -2.24. The van der Waals surface area contributed by atoms with Crippen molar-refractivity contribution in [3.05, 3.63) is 72.3 Å². The molecule has 0 saturated carbocycles. The number of nitrogens with one attached hydrogen (secondary N) is 3. The van der Waals surface area contributed by atoms with Crippen LogP contribution in [-0.2, 0) is 19.1 Å². The van der Waals surface area contributed by atoms with Crippen LogP contribution < -0.4 is 16.0 Å². The quantitative estimate of drug-likeness (QED) is 0.251. The summed E-state index contributed by atoms with van der Waals surface area (Å²) < 4.78 is 10.3. The number of aliphatic imine (C=N–C) groups is 1. The second-order valence-electron chi connectivity index (χ2n) is 13.3. The zero-order valence-corrected chi connectivity index (χ0v) is 30.5. The van der Waals surface area contributed by atoms with Gasteiger partial charge in [0.05, 0.1) is 38.3 Å². The lowest BCUT2D eigenvalue weighted by Gasteiger charge is -2.20. The number of aromatic amines is 2. The summed E-state index contributed by atoms with van der Waals surface area (Å²) in [5.74, 6) is -1.44. The number of esters is 2. The summed E-state index contributed by atoms with van der Waals surface area (Å²) in [7, 11) is 2.88. The number of hydrogen-bond acceptors (Lipinski definition) is 6. The molecule has 254 valence electrons. The first-order valence-corrected chi connectivity index (χ1v) is 17.0. The molecule has 2 aromatic rings. The van der Waals surface area contributed by atoms with Gasteiger partial charge in [0.15, 0.2) is 0 Å². The Balaban J connectivity index is 2.02. The standard InChI is InChI=1S/C39H54N4O4/c1-13-28-20(3)18-40-32(28)15-30-26(9)36(22(5)24(7)38(44)46-11)34(42-30)17-35-37(23(6)25(8)39(45)47-12)27(10)31(43-35)16-33-29(14-2)21(4)19-41-33/h15-17,22-25,40,42-43H,13-14,18-19H2,1-12H3/b31-16+,32-15-,35-17-/t22-,23-,24-,25-/m0/s1. The van der Waals surface area contributed by atoms with Crippen molar-refractivity contribution in [1.82, 2.24) is 15.3 Å². The van der Waals surface area contributed by atoms with Crippen molar-refractivity contribution in [2.24, 2.45) is 16.8 Å². The number of hydrogen-bond donors (Lipinski definition) is 3. The van der Waals surface area contributed by atoms with Gasteiger partial charge in [0.25, 0.3) is 0 Å². The van der Waals surface area contributed by atoms with Crippen LogP contribution in [0.5, 0.6) is 0 Å². The Morgan fingerprint density at radius 3 is 1.91 bits per heavy atom. The maximum absolute atomic E-state index is 12.8. The summed E-state index contributed by atoms with van der Waals surface area (Å²) >= 11 is 0. The summed E-state index contributed by atoms with van der Waals surface area (Å²) in [6.07, 6.45) is 8.36. The van der Waals surface area contributed by atoms with Crippen LogP contribution >= 0.6 is 0 Å². The first-order chi connectivity index (χ1) is 22.3. The molecule has 47 heavy (non-hydrogen) atoms. The van der Waals surface area contributed by atoms with Crippen molar-refractivity contribution in [3.63, 3.8) is 0 Å². The molecule has 0 spiro atoms. The highest BCUT2D eigenvalue weighted by molar-refractivity contribution is 6.22. The number of carbonyl (C=O) groups excluding carboxylic acids is 2. The first kappa shape index (κ1) is 35.8. The zero-order valence-electron chi connectivity index (χ0n) is 30.5. The number of methoxy groups -OCH3 is 2. The van der Waals surface area contributed by atoms with Crippen LogP contribution in [0.2, 0.25) is 0 Å². The van der Waals surface area contributed by atoms with E-state index in [4.69, 9.17) is 14.5 Å². The van der Waals surface area contributed by atoms with E-state index < -0.39 is 0 Å². The largest absolute Gasteiger partial charge is 0.469 e. The third kappa shape index (κ3) is 6.97. The van der Waals surface area contributed by atoms with Crippen LogP contribution in [0.25, 0.3) is 18.2 Å². The highest BCUT2D eigenvalue weighted by Crippen LogP contribution is 2.35. The fourth-order valence-corrected chi connectivity index (χ4v) is 7.23. The summed E-state index contributed by atoms with van der Waals surface area (Å²) in [5.41, 5.74) is 13.6. The summed E-state index contributed by atoms with van der Waals surface area (Å²) in [5, 5.41) is 5.45. The lowest BCUT2D eigenvalue weighted by atomic mass is 9.85. The fraction of sp³-hybridized carbons (Fsp3) is 0.513. The fourth-order valence-electron chi connectivity index (χ4n) is 7.23. The summed E-state index contributed by atoms with van der Waals surface area (Å²) in [4.78, 5) is 37.8. The predicted octanol–water partition coefficient (Wildman–Crippen LogP) is 6.25. The zero-order chi connectivity index (χ0) is 34.7. The Labute approximate surface area is 280 Å². The average molecular weight is 643 g/mol. The number of aromatic nitrogens is 2. The molecule has 0 amide bonds. The van der Waals surface area contributed by atoms with Gasteiger partial charge in [-0.2, -0.15) is 0 Å². The smallest absolute Gasteiger partial charge is 0.308 e. The van der Waals surface area contributed by atoms with E-state index in [1.807, 2.05) is 13.8 Å². The molecule has 0 unspecified atom stereocenters. The monoisotopic (exact) mass is 642 g/mol. The molecule has 0 fully saturated rings. The van der Waals surface area contributed by atoms with Crippen LogP contribution in [-0.4, -0.2) is 54.9 Å². The van der Waals surface area contributed by atoms with Gasteiger partial charge in [0.1, 0.15) is 0 Å². The average Bonchev–Trinajstić information content (AvgIpc) is 3.78. The van der Waals surface area contributed by atoms with Gasteiger partial charge in [-0.15, -0.1) is 0 Å². The van der Waals surface area contributed by atoms with Crippen molar-refractivity contribution in [2.75, 3.05) is 27.3 Å². The SMILES string of the molecule is CCC1=C(C)CN=C1/C=c1/[nH]/c(=C\c2[nH]c(/C=C3\NCC(C)=C3CC)c(C)c2[C@@H](C)[C@H](C)C(=O)OC)c([C@@H](C)[C@H](C)C(=O)OC)c1C. The maximum Gasteiger partial charge on any atom is 0.308 e. The molecule has 0 saturated heterocycles. The number of ether oxygens (including phenoxy) is 2. The molecule has 4 heterocycles. The molecular formula is C39H54N4O4. The van der Waals surface area contributed by atoms with E-state index in [0.717, 1.165) is 81.7 Å².